The molecule has 0 saturated heterocycles. The predicted octanol–water partition coefficient (Wildman–Crippen LogP) is 2.69. The number of rotatable bonds is 5. The molecule has 0 spiro atoms. The summed E-state index contributed by atoms with van der Waals surface area (Å²) in [6.45, 7) is 3.44. The molecule has 1 aromatic carbocycles. The highest BCUT2D eigenvalue weighted by molar-refractivity contribution is 5.88. The standard InChI is InChI=1S/C18H21N3O2/c1-12-20-9-13(10-21-12)8-19-11-16-4-2-3-14-5-6-15(18(22)23)7-17(14)16/h5-7,9-10,16,19H,2-4,8,11H2,1H3,(H,22,23). The summed E-state index contributed by atoms with van der Waals surface area (Å²) in [7, 11) is 0. The smallest absolute Gasteiger partial charge is 0.335 e. The number of aryl methyl sites for hydroxylation is 2. The van der Waals surface area contributed by atoms with Crippen molar-refractivity contribution in [2.45, 2.75) is 38.6 Å². The molecule has 120 valence electrons. The molecule has 2 aromatic rings. The minimum Gasteiger partial charge on any atom is -0.478 e. The number of aromatic carboxylic acids is 1. The van der Waals surface area contributed by atoms with Crippen LogP contribution in [-0.2, 0) is 13.0 Å². The molecule has 0 aliphatic heterocycles. The number of carboxylic acid groups (broad SMARTS) is 1. The van der Waals surface area contributed by atoms with E-state index < -0.39 is 5.97 Å². The van der Waals surface area contributed by atoms with E-state index in [0.29, 0.717) is 11.5 Å². The molecule has 5 heteroatoms. The SMILES string of the molecule is Cc1ncc(CNCC2CCCc3ccc(C(=O)O)cc32)cn1. The zero-order valence-electron chi connectivity index (χ0n) is 13.2. The molecular formula is C18H21N3O2. The van der Waals surface area contributed by atoms with Gasteiger partial charge in [-0.2, -0.15) is 0 Å². The number of fused-ring (bicyclic) bond motifs is 1. The van der Waals surface area contributed by atoms with Crippen LogP contribution in [0.15, 0.2) is 30.6 Å². The lowest BCUT2D eigenvalue weighted by atomic mass is 9.82. The fourth-order valence-corrected chi connectivity index (χ4v) is 3.14. The Hall–Kier alpha value is -2.27. The monoisotopic (exact) mass is 311 g/mol. The highest BCUT2D eigenvalue weighted by atomic mass is 16.4. The molecule has 0 bridgehead atoms. The number of carboxylic acids is 1. The highest BCUT2D eigenvalue weighted by Gasteiger charge is 2.21. The van der Waals surface area contributed by atoms with E-state index >= 15 is 0 Å². The van der Waals surface area contributed by atoms with Crippen LogP contribution < -0.4 is 5.32 Å². The zero-order valence-corrected chi connectivity index (χ0v) is 13.2. The summed E-state index contributed by atoms with van der Waals surface area (Å²) in [6, 6.07) is 5.53. The largest absolute Gasteiger partial charge is 0.478 e. The molecule has 1 unspecified atom stereocenters. The van der Waals surface area contributed by atoms with E-state index in [1.165, 1.54) is 11.1 Å². The van der Waals surface area contributed by atoms with Crippen molar-refractivity contribution in [3.8, 4) is 0 Å². The zero-order chi connectivity index (χ0) is 16.2. The van der Waals surface area contributed by atoms with Crippen LogP contribution in [0.4, 0.5) is 0 Å². The van der Waals surface area contributed by atoms with Gasteiger partial charge in [0.2, 0.25) is 0 Å². The van der Waals surface area contributed by atoms with Crippen molar-refractivity contribution in [1.82, 2.24) is 15.3 Å². The van der Waals surface area contributed by atoms with Gasteiger partial charge in [-0.3, -0.25) is 0 Å². The fourth-order valence-electron chi connectivity index (χ4n) is 3.14. The number of hydrogen-bond acceptors (Lipinski definition) is 4. The van der Waals surface area contributed by atoms with Crippen LogP contribution in [0.1, 0.15) is 51.6 Å². The fraction of sp³-hybridized carbons (Fsp3) is 0.389. The maximum atomic E-state index is 11.2. The van der Waals surface area contributed by atoms with Crippen molar-refractivity contribution in [3.63, 3.8) is 0 Å². The first-order valence-corrected chi connectivity index (χ1v) is 7.98. The van der Waals surface area contributed by atoms with Crippen molar-refractivity contribution in [3.05, 3.63) is 58.7 Å². The van der Waals surface area contributed by atoms with E-state index in [2.05, 4.69) is 15.3 Å². The second kappa shape index (κ2) is 6.87. The molecule has 0 amide bonds. The molecule has 5 nitrogen and oxygen atoms in total. The van der Waals surface area contributed by atoms with E-state index in [4.69, 9.17) is 0 Å². The van der Waals surface area contributed by atoms with E-state index in [1.807, 2.05) is 31.5 Å². The van der Waals surface area contributed by atoms with E-state index in [-0.39, 0.29) is 0 Å². The predicted molar refractivity (Wildman–Crippen MR) is 87.6 cm³/mol. The first-order valence-electron chi connectivity index (χ1n) is 7.98. The minimum absolute atomic E-state index is 0.365. The molecule has 1 heterocycles. The van der Waals surface area contributed by atoms with Gasteiger partial charge in [0.1, 0.15) is 5.82 Å². The number of carbonyl (C=O) groups is 1. The van der Waals surface area contributed by atoms with Gasteiger partial charge in [-0.15, -0.1) is 0 Å². The summed E-state index contributed by atoms with van der Waals surface area (Å²) < 4.78 is 0. The van der Waals surface area contributed by atoms with Crippen molar-refractivity contribution in [2.24, 2.45) is 0 Å². The Bertz CT molecular complexity index is 698. The Kier molecular flexibility index (Phi) is 4.67. The maximum absolute atomic E-state index is 11.2. The lowest BCUT2D eigenvalue weighted by Gasteiger charge is -2.26. The third-order valence-electron chi connectivity index (χ3n) is 4.39. The van der Waals surface area contributed by atoms with Crippen molar-refractivity contribution < 1.29 is 9.90 Å². The van der Waals surface area contributed by atoms with Crippen LogP contribution in [0.5, 0.6) is 0 Å². The van der Waals surface area contributed by atoms with Crippen LogP contribution in [0.3, 0.4) is 0 Å². The normalized spacial score (nSPS) is 16.8. The Balaban J connectivity index is 1.66. The summed E-state index contributed by atoms with van der Waals surface area (Å²) in [5, 5.41) is 12.6. The molecule has 23 heavy (non-hydrogen) atoms. The second-order valence-corrected chi connectivity index (χ2v) is 6.08. The van der Waals surface area contributed by atoms with Gasteiger partial charge in [0.25, 0.3) is 0 Å². The number of aromatic nitrogens is 2. The van der Waals surface area contributed by atoms with Gasteiger partial charge in [0.05, 0.1) is 5.56 Å². The summed E-state index contributed by atoms with van der Waals surface area (Å²) in [5.74, 6) is 0.280. The maximum Gasteiger partial charge on any atom is 0.335 e. The van der Waals surface area contributed by atoms with Gasteiger partial charge >= 0.3 is 5.97 Å². The topological polar surface area (TPSA) is 75.1 Å². The molecule has 1 aromatic heterocycles. The Morgan fingerprint density at radius 3 is 2.87 bits per heavy atom. The number of hydrogen-bond donors (Lipinski definition) is 2. The van der Waals surface area contributed by atoms with Crippen molar-refractivity contribution >= 4 is 5.97 Å². The molecule has 1 atom stereocenters. The molecule has 0 radical (unpaired) electrons. The lowest BCUT2D eigenvalue weighted by molar-refractivity contribution is 0.0696. The Morgan fingerprint density at radius 2 is 2.13 bits per heavy atom. The average molecular weight is 311 g/mol. The number of nitrogens with zero attached hydrogens (tertiary/aromatic N) is 2. The second-order valence-electron chi connectivity index (χ2n) is 6.08. The minimum atomic E-state index is -0.859. The van der Waals surface area contributed by atoms with Gasteiger partial charge in [-0.25, -0.2) is 14.8 Å². The van der Waals surface area contributed by atoms with Gasteiger partial charge in [-0.05, 0) is 55.4 Å². The lowest BCUT2D eigenvalue weighted by Crippen LogP contribution is -2.24. The molecule has 1 aliphatic carbocycles. The highest BCUT2D eigenvalue weighted by Crippen LogP contribution is 2.32. The summed E-state index contributed by atoms with van der Waals surface area (Å²) in [4.78, 5) is 19.6. The molecule has 3 rings (SSSR count). The summed E-state index contributed by atoms with van der Waals surface area (Å²) in [5.41, 5.74) is 3.91. The van der Waals surface area contributed by atoms with Crippen molar-refractivity contribution in [1.29, 1.82) is 0 Å². The molecule has 0 fully saturated rings. The Labute approximate surface area is 135 Å². The van der Waals surface area contributed by atoms with Crippen LogP contribution in [-0.4, -0.2) is 27.6 Å². The quantitative estimate of drug-likeness (QED) is 0.888. The first kappa shape index (κ1) is 15.6. The molecular weight excluding hydrogens is 290 g/mol. The summed E-state index contributed by atoms with van der Waals surface area (Å²) in [6.07, 6.45) is 6.96. The van der Waals surface area contributed by atoms with Gasteiger partial charge in [0.15, 0.2) is 0 Å². The van der Waals surface area contributed by atoms with Gasteiger partial charge < -0.3 is 10.4 Å². The van der Waals surface area contributed by atoms with Crippen LogP contribution in [0.2, 0.25) is 0 Å². The van der Waals surface area contributed by atoms with Crippen LogP contribution >= 0.6 is 0 Å². The third kappa shape index (κ3) is 3.74. The first-order chi connectivity index (χ1) is 11.1. The number of nitrogens with one attached hydrogen (secondary N) is 1. The third-order valence-corrected chi connectivity index (χ3v) is 4.39. The molecule has 1 aliphatic rings. The Morgan fingerprint density at radius 1 is 1.35 bits per heavy atom. The van der Waals surface area contributed by atoms with E-state index in [0.717, 1.165) is 43.7 Å². The molecule has 0 saturated carbocycles. The molecule has 2 N–H and O–H groups in total. The van der Waals surface area contributed by atoms with E-state index in [9.17, 15) is 9.90 Å². The van der Waals surface area contributed by atoms with E-state index in [1.54, 1.807) is 6.07 Å². The van der Waals surface area contributed by atoms with Crippen molar-refractivity contribution in [2.75, 3.05) is 6.54 Å². The van der Waals surface area contributed by atoms with Gasteiger partial charge in [0, 0.05) is 31.0 Å². The van der Waals surface area contributed by atoms with Crippen LogP contribution in [0.25, 0.3) is 0 Å². The summed E-state index contributed by atoms with van der Waals surface area (Å²) >= 11 is 0. The van der Waals surface area contributed by atoms with Gasteiger partial charge in [-0.1, -0.05) is 6.07 Å². The van der Waals surface area contributed by atoms with Crippen LogP contribution in [0, 0.1) is 6.92 Å². The average Bonchev–Trinajstić information content (AvgIpc) is 2.56. The number of benzene rings is 1.